The molecule has 1 heterocycles. The number of nitrogens with one attached hydrogen (secondary N) is 2. The maximum absolute atomic E-state index is 13.0. The number of unbranched alkanes of at least 4 members (excludes halogenated alkanes) is 26. The topological polar surface area (TPSA) is 136 Å². The third-order valence-electron chi connectivity index (χ3n) is 10.0. The van der Waals surface area contributed by atoms with Crippen molar-refractivity contribution < 1.29 is 23.9 Å². The molecule has 52 heavy (non-hydrogen) atoms. The molecule has 9 heteroatoms. The highest BCUT2D eigenvalue weighted by Crippen LogP contribution is 2.15. The number of ether oxygens (including phenoxy) is 2. The Bertz CT molecular complexity index is 957. The molecule has 1 rings (SSSR count). The number of rotatable bonds is 38. The van der Waals surface area contributed by atoms with Gasteiger partial charge in [-0.2, -0.15) is 0 Å². The van der Waals surface area contributed by atoms with Crippen LogP contribution in [0.25, 0.3) is 0 Å². The van der Waals surface area contributed by atoms with Gasteiger partial charge in [-0.15, -0.1) is 0 Å². The Morgan fingerprint density at radius 3 is 1.44 bits per heavy atom. The van der Waals surface area contributed by atoms with E-state index in [9.17, 15) is 14.4 Å². The minimum absolute atomic E-state index is 0.0188. The summed E-state index contributed by atoms with van der Waals surface area (Å²) in [5.74, 6) is -0.793. The summed E-state index contributed by atoms with van der Waals surface area (Å²) in [4.78, 5) is 45.5. The smallest absolute Gasteiger partial charge is 0.328 e. The quantitative estimate of drug-likeness (QED) is 0.0455. The highest BCUT2D eigenvalue weighted by Gasteiger charge is 2.26. The Labute approximate surface area is 318 Å². The average molecular weight is 733 g/mol. The van der Waals surface area contributed by atoms with Crippen LogP contribution in [0.1, 0.15) is 212 Å². The third-order valence-corrected chi connectivity index (χ3v) is 10.0. The molecule has 0 unspecified atom stereocenters. The van der Waals surface area contributed by atoms with Crippen LogP contribution in [0.2, 0.25) is 0 Å². The molecule has 1 aromatic rings. The van der Waals surface area contributed by atoms with Gasteiger partial charge in [-0.25, -0.2) is 9.78 Å². The number of nitrogens with two attached hydrogens (primary N) is 1. The summed E-state index contributed by atoms with van der Waals surface area (Å²) in [5, 5.41) is 2.72. The molecular weight excluding hydrogens is 652 g/mol. The van der Waals surface area contributed by atoms with E-state index in [1.54, 1.807) is 12.4 Å². The Kier molecular flexibility index (Phi) is 32.6. The number of esters is 2. The molecule has 4 N–H and O–H groups in total. The lowest BCUT2D eigenvalue weighted by Gasteiger charge is -2.19. The number of H-pyrrole nitrogens is 1. The monoisotopic (exact) mass is 733 g/mol. The second-order valence-corrected chi connectivity index (χ2v) is 15.0. The first-order valence-electron chi connectivity index (χ1n) is 21.8. The van der Waals surface area contributed by atoms with Crippen LogP contribution >= 0.6 is 0 Å². The molecule has 0 bridgehead atoms. The van der Waals surface area contributed by atoms with Gasteiger partial charge in [-0.3, -0.25) is 9.59 Å². The zero-order valence-electron chi connectivity index (χ0n) is 33.7. The summed E-state index contributed by atoms with van der Waals surface area (Å²) in [6.45, 7) is 5.20. The van der Waals surface area contributed by atoms with Crippen LogP contribution < -0.4 is 11.1 Å². The van der Waals surface area contributed by atoms with E-state index in [0.29, 0.717) is 19.0 Å². The number of nitrogens with zero attached hydrogens (tertiary/aromatic N) is 1. The van der Waals surface area contributed by atoms with E-state index in [1.807, 2.05) is 0 Å². The van der Waals surface area contributed by atoms with Crippen molar-refractivity contribution in [2.75, 3.05) is 13.2 Å². The Hall–Kier alpha value is -2.42. The molecule has 0 aliphatic carbocycles. The second-order valence-electron chi connectivity index (χ2n) is 15.0. The normalized spacial score (nSPS) is 12.4. The van der Waals surface area contributed by atoms with Gasteiger partial charge < -0.3 is 25.5 Å². The molecule has 0 fully saturated rings. The molecule has 0 radical (unpaired) electrons. The van der Waals surface area contributed by atoms with Crippen molar-refractivity contribution in [3.63, 3.8) is 0 Å². The van der Waals surface area contributed by atoms with E-state index in [4.69, 9.17) is 15.2 Å². The number of carbonyl (C=O) groups is 3. The minimum atomic E-state index is -0.963. The van der Waals surface area contributed by atoms with Crippen molar-refractivity contribution in [3.05, 3.63) is 18.2 Å². The van der Waals surface area contributed by atoms with Crippen LogP contribution in [0, 0.1) is 0 Å². The largest absolute Gasteiger partial charge is 0.466 e. The van der Waals surface area contributed by atoms with E-state index in [0.717, 1.165) is 38.5 Å². The van der Waals surface area contributed by atoms with Gasteiger partial charge in [0.25, 0.3) is 0 Å². The first-order chi connectivity index (χ1) is 25.5. The first kappa shape index (κ1) is 47.6. The second kappa shape index (κ2) is 35.6. The molecular formula is C43H80N4O5. The van der Waals surface area contributed by atoms with E-state index < -0.39 is 24.0 Å². The van der Waals surface area contributed by atoms with Gasteiger partial charge in [0.05, 0.1) is 19.3 Å². The summed E-state index contributed by atoms with van der Waals surface area (Å²) in [6.07, 6.45) is 39.0. The summed E-state index contributed by atoms with van der Waals surface area (Å²) in [7, 11) is 0. The molecule has 2 atom stereocenters. The average Bonchev–Trinajstić information content (AvgIpc) is 3.66. The van der Waals surface area contributed by atoms with Gasteiger partial charge >= 0.3 is 11.9 Å². The summed E-state index contributed by atoms with van der Waals surface area (Å²) >= 11 is 0. The molecule has 0 aliphatic rings. The van der Waals surface area contributed by atoms with E-state index in [2.05, 4.69) is 29.1 Å². The zero-order valence-corrected chi connectivity index (χ0v) is 33.7. The van der Waals surface area contributed by atoms with Crippen molar-refractivity contribution >= 4 is 17.8 Å². The highest BCUT2D eigenvalue weighted by molar-refractivity contribution is 5.87. The first-order valence-corrected chi connectivity index (χ1v) is 21.8. The lowest BCUT2D eigenvalue weighted by molar-refractivity contribution is -0.149. The van der Waals surface area contributed by atoms with Gasteiger partial charge in [0, 0.05) is 25.2 Å². The number of aromatic amines is 1. The predicted octanol–water partition coefficient (Wildman–Crippen LogP) is 10.6. The van der Waals surface area contributed by atoms with E-state index in [-0.39, 0.29) is 25.2 Å². The summed E-state index contributed by atoms with van der Waals surface area (Å²) in [5.41, 5.74) is 6.10. The molecule has 0 aromatic carbocycles. The SMILES string of the molecule is CCCCCCCCCCCCCCCCOC(=O)CC[C@@H](NC(=O)[C@@H](N)Cc1ncc[nH]1)C(=O)OCCCCCCCCCCCCCCCC. The Morgan fingerprint density at radius 2 is 1.04 bits per heavy atom. The van der Waals surface area contributed by atoms with Crippen LogP contribution in [0.3, 0.4) is 0 Å². The number of amides is 1. The predicted molar refractivity (Wildman–Crippen MR) is 214 cm³/mol. The lowest BCUT2D eigenvalue weighted by atomic mass is 10.0. The van der Waals surface area contributed by atoms with Crippen molar-refractivity contribution in [2.45, 2.75) is 225 Å². The van der Waals surface area contributed by atoms with Crippen LogP contribution in [-0.2, 0) is 30.3 Å². The fourth-order valence-electron chi connectivity index (χ4n) is 6.63. The van der Waals surface area contributed by atoms with Crippen LogP contribution in [0.5, 0.6) is 0 Å². The van der Waals surface area contributed by atoms with Gasteiger partial charge in [-0.05, 0) is 19.3 Å². The Balaban J connectivity index is 2.24. The van der Waals surface area contributed by atoms with Crippen molar-refractivity contribution in [1.29, 1.82) is 0 Å². The minimum Gasteiger partial charge on any atom is -0.466 e. The Morgan fingerprint density at radius 1 is 0.635 bits per heavy atom. The van der Waals surface area contributed by atoms with Gasteiger partial charge in [-0.1, -0.05) is 181 Å². The molecule has 302 valence electrons. The maximum atomic E-state index is 13.0. The molecule has 1 amide bonds. The van der Waals surface area contributed by atoms with Crippen LogP contribution in [0.15, 0.2) is 12.4 Å². The highest BCUT2D eigenvalue weighted by atomic mass is 16.5. The number of hydrogen-bond acceptors (Lipinski definition) is 7. The molecule has 1 aromatic heterocycles. The zero-order chi connectivity index (χ0) is 37.7. The van der Waals surface area contributed by atoms with Gasteiger partial charge in [0.1, 0.15) is 11.9 Å². The molecule has 0 aliphatic heterocycles. The number of carbonyl (C=O) groups excluding carboxylic acids is 3. The van der Waals surface area contributed by atoms with E-state index in [1.165, 1.54) is 141 Å². The van der Waals surface area contributed by atoms with Crippen LogP contribution in [0.4, 0.5) is 0 Å². The van der Waals surface area contributed by atoms with Crippen molar-refractivity contribution in [1.82, 2.24) is 15.3 Å². The molecule has 0 saturated carbocycles. The maximum Gasteiger partial charge on any atom is 0.328 e. The third kappa shape index (κ3) is 29.1. The number of imidazole rings is 1. The summed E-state index contributed by atoms with van der Waals surface area (Å²) < 4.78 is 11.0. The molecule has 9 nitrogen and oxygen atoms in total. The standard InChI is InChI=1S/C43H80N4O5/c1-3-5-7-9-11-13-15-17-19-21-23-25-27-29-35-51-41(48)32-31-39(47-42(49)38(44)37-40-45-33-34-46-40)43(50)52-36-30-28-26-24-22-20-18-16-14-12-10-8-6-4-2/h33-34,38-39H,3-32,35-37,44H2,1-2H3,(H,45,46)(H,47,49)/t38-,39+/m0/s1. The van der Waals surface area contributed by atoms with E-state index >= 15 is 0 Å². The lowest BCUT2D eigenvalue weighted by Crippen LogP contribution is -2.50. The summed E-state index contributed by atoms with van der Waals surface area (Å²) in [6, 6.07) is -1.85. The fourth-order valence-corrected chi connectivity index (χ4v) is 6.63. The number of aromatic nitrogens is 2. The molecule has 0 saturated heterocycles. The van der Waals surface area contributed by atoms with Crippen molar-refractivity contribution in [3.8, 4) is 0 Å². The molecule has 0 spiro atoms. The van der Waals surface area contributed by atoms with Crippen molar-refractivity contribution in [2.24, 2.45) is 5.73 Å². The fraction of sp³-hybridized carbons (Fsp3) is 0.860. The van der Waals surface area contributed by atoms with Gasteiger partial charge in [0.15, 0.2) is 0 Å². The number of hydrogen-bond donors (Lipinski definition) is 3. The van der Waals surface area contributed by atoms with Crippen LogP contribution in [-0.4, -0.2) is 53.1 Å². The van der Waals surface area contributed by atoms with Gasteiger partial charge in [0.2, 0.25) is 5.91 Å².